The number of hydrogen-bond acceptors (Lipinski definition) is 10. The van der Waals surface area contributed by atoms with Gasteiger partial charge in [-0.15, -0.1) is 0 Å². The minimum Gasteiger partial charge on any atom is -0.492 e. The Morgan fingerprint density at radius 1 is 1.32 bits per heavy atom. The molecule has 6 rings (SSSR count). The van der Waals surface area contributed by atoms with Gasteiger partial charge in [-0.2, -0.15) is 5.10 Å². The highest BCUT2D eigenvalue weighted by molar-refractivity contribution is 5.98. The Kier molecular flexibility index (Phi) is 4.98. The van der Waals surface area contributed by atoms with Crippen LogP contribution in [0.4, 0.5) is 0 Å². The number of aromatic nitrogens is 2. The number of para-hydroxylation sites is 1. The summed E-state index contributed by atoms with van der Waals surface area (Å²) in [5, 5.41) is 36.6. The van der Waals surface area contributed by atoms with Gasteiger partial charge in [0.2, 0.25) is 11.4 Å². The molecule has 0 bridgehead atoms. The summed E-state index contributed by atoms with van der Waals surface area (Å²) >= 11 is 0. The molecule has 13 nitrogen and oxygen atoms in total. The zero-order valence-corrected chi connectivity index (χ0v) is 20.7. The minimum atomic E-state index is -2.50. The van der Waals surface area contributed by atoms with Gasteiger partial charge in [-0.3, -0.25) is 20.5 Å². The van der Waals surface area contributed by atoms with Crippen molar-refractivity contribution in [3.8, 4) is 5.75 Å². The quantitative estimate of drug-likeness (QED) is 0.176. The maximum atomic E-state index is 13.5. The fourth-order valence-electron chi connectivity index (χ4n) is 6.10. The van der Waals surface area contributed by atoms with Gasteiger partial charge in [-0.05, 0) is 24.0 Å². The number of aliphatic imine (C=N–C) groups is 1. The number of benzene rings is 1. The van der Waals surface area contributed by atoms with Crippen molar-refractivity contribution in [1.29, 1.82) is 0 Å². The lowest BCUT2D eigenvalue weighted by molar-refractivity contribution is -0.623. The molecule has 2 aromatic rings. The Balaban J connectivity index is 1.33. The van der Waals surface area contributed by atoms with Crippen LogP contribution < -0.4 is 32.2 Å². The average molecular weight is 511 g/mol. The summed E-state index contributed by atoms with van der Waals surface area (Å²) in [6, 6.07) is 4.88. The van der Waals surface area contributed by atoms with E-state index in [9.17, 15) is 15.0 Å². The monoisotopic (exact) mass is 510 g/mol. The van der Waals surface area contributed by atoms with E-state index in [0.717, 1.165) is 12.0 Å². The number of amides is 1. The van der Waals surface area contributed by atoms with E-state index < -0.39 is 35.5 Å². The van der Waals surface area contributed by atoms with Crippen LogP contribution in [-0.2, 0) is 12.0 Å². The van der Waals surface area contributed by atoms with Gasteiger partial charge in [0.25, 0.3) is 5.91 Å². The van der Waals surface area contributed by atoms with Gasteiger partial charge in [0.05, 0.1) is 25.3 Å². The smallest absolute Gasteiger partial charge is 0.346 e. The van der Waals surface area contributed by atoms with Crippen LogP contribution in [0.15, 0.2) is 41.7 Å². The van der Waals surface area contributed by atoms with Crippen LogP contribution in [0.3, 0.4) is 0 Å². The molecule has 0 saturated carbocycles. The lowest BCUT2D eigenvalue weighted by Gasteiger charge is -2.43. The number of nitrogens with zero attached hydrogens (tertiary/aromatic N) is 4. The van der Waals surface area contributed by atoms with E-state index in [2.05, 4.69) is 39.9 Å². The van der Waals surface area contributed by atoms with Gasteiger partial charge in [0.1, 0.15) is 23.9 Å². The molecule has 0 aliphatic carbocycles. The van der Waals surface area contributed by atoms with Crippen molar-refractivity contribution in [3.63, 3.8) is 0 Å². The van der Waals surface area contributed by atoms with E-state index in [1.165, 1.54) is 0 Å². The molecule has 1 saturated heterocycles. The summed E-state index contributed by atoms with van der Waals surface area (Å²) < 4.78 is 9.17. The van der Waals surface area contributed by atoms with Crippen molar-refractivity contribution in [2.45, 2.75) is 61.8 Å². The Labute approximate surface area is 213 Å². The number of carbonyl (C=O) groups excluding carboxylic acids is 1. The number of hydrogen-bond donors (Lipinski definition) is 7. The molecule has 4 aliphatic rings. The Hall–Kier alpha value is -3.84. The fraction of sp³-hybridized carbons (Fsp3) is 0.500. The third-order valence-corrected chi connectivity index (χ3v) is 8.08. The molecule has 13 heteroatoms. The number of fused-ring (bicyclic) bond motifs is 1. The molecule has 1 spiro atoms. The molecule has 37 heavy (non-hydrogen) atoms. The van der Waals surface area contributed by atoms with Crippen molar-refractivity contribution in [2.75, 3.05) is 13.2 Å². The van der Waals surface area contributed by atoms with E-state index in [1.807, 2.05) is 12.1 Å². The Morgan fingerprint density at radius 3 is 2.89 bits per heavy atom. The van der Waals surface area contributed by atoms with Crippen LogP contribution >= 0.6 is 0 Å². The van der Waals surface area contributed by atoms with E-state index in [4.69, 9.17) is 16.2 Å². The predicted molar refractivity (Wildman–Crippen MR) is 133 cm³/mol. The SMILES string of the molecule is CC1(C)CCOc2c(C(=O)NC3C[N+]4=C(N)N[C@@H](Cn5cccn5)[C@@H]5N=C(N)N[C@@]54C3(O)O)cccc21. The van der Waals surface area contributed by atoms with Crippen LogP contribution in [0.5, 0.6) is 5.75 Å². The van der Waals surface area contributed by atoms with E-state index in [1.54, 1.807) is 33.8 Å². The van der Waals surface area contributed by atoms with Crippen molar-refractivity contribution in [1.82, 2.24) is 25.7 Å². The van der Waals surface area contributed by atoms with Crippen molar-refractivity contribution >= 4 is 17.8 Å². The molecule has 1 fully saturated rings. The lowest BCUT2D eigenvalue weighted by Crippen LogP contribution is -2.79. The molecule has 1 aromatic carbocycles. The number of guanidine groups is 2. The highest BCUT2D eigenvalue weighted by atomic mass is 16.5. The van der Waals surface area contributed by atoms with Crippen molar-refractivity contribution in [2.24, 2.45) is 16.5 Å². The van der Waals surface area contributed by atoms with Crippen LogP contribution in [0.1, 0.15) is 36.2 Å². The zero-order valence-electron chi connectivity index (χ0n) is 20.7. The van der Waals surface area contributed by atoms with Crippen LogP contribution in [-0.4, -0.2) is 85.1 Å². The van der Waals surface area contributed by atoms with Gasteiger partial charge in [0, 0.05) is 18.0 Å². The van der Waals surface area contributed by atoms with Crippen LogP contribution in [0.2, 0.25) is 0 Å². The van der Waals surface area contributed by atoms with Gasteiger partial charge < -0.3 is 31.3 Å². The second kappa shape index (κ2) is 7.83. The minimum absolute atomic E-state index is 0.000260. The lowest BCUT2D eigenvalue weighted by atomic mass is 9.79. The summed E-state index contributed by atoms with van der Waals surface area (Å²) in [5.41, 5.74) is 12.0. The molecule has 1 unspecified atom stereocenters. The second-order valence-corrected chi connectivity index (χ2v) is 10.7. The van der Waals surface area contributed by atoms with E-state index >= 15 is 0 Å². The van der Waals surface area contributed by atoms with Crippen molar-refractivity contribution < 1.29 is 24.3 Å². The summed E-state index contributed by atoms with van der Waals surface area (Å²) in [7, 11) is 0. The first-order valence-electron chi connectivity index (χ1n) is 12.3. The molecule has 9 N–H and O–H groups in total. The largest absolute Gasteiger partial charge is 0.492 e. The second-order valence-electron chi connectivity index (χ2n) is 10.7. The maximum Gasteiger partial charge on any atom is 0.346 e. The Morgan fingerprint density at radius 2 is 2.14 bits per heavy atom. The van der Waals surface area contributed by atoms with Gasteiger partial charge in [-0.25, -0.2) is 9.57 Å². The highest BCUT2D eigenvalue weighted by Crippen LogP contribution is 2.43. The number of rotatable bonds is 4. The number of aliphatic hydroxyl groups is 2. The molecule has 5 heterocycles. The number of carbonyl (C=O) groups is 1. The van der Waals surface area contributed by atoms with Gasteiger partial charge >= 0.3 is 5.96 Å². The molecule has 1 amide bonds. The molecular formula is C24H32N9O4+. The predicted octanol–water partition coefficient (Wildman–Crippen LogP) is -2.28. The zero-order chi connectivity index (χ0) is 26.2. The van der Waals surface area contributed by atoms with E-state index in [0.29, 0.717) is 24.5 Å². The van der Waals surface area contributed by atoms with Crippen molar-refractivity contribution in [3.05, 3.63) is 47.8 Å². The molecule has 4 atom stereocenters. The number of nitrogens with two attached hydrogens (primary N) is 2. The topological polar surface area (TPSA) is 188 Å². The standard InChI is InChI=1S/C24H31N9O4/c1-22(2)7-10-37-17-13(5-3-6-14(17)22)19(34)29-16-12-33-21(26)28-15(11-32-9-4-8-27-32)18-23(33,24(16,35)36)31-20(25)30-18/h3-6,8-9,15-16,18,35-36H,7,10-12H2,1-2H3,(H6,25,26,28,29,30,31,34)/p+1/t15-,16?,18-,23-/m0/s1. The summed E-state index contributed by atoms with van der Waals surface area (Å²) in [6.07, 6.45) is 4.27. The first-order valence-corrected chi connectivity index (χ1v) is 12.3. The molecule has 196 valence electrons. The number of ether oxygens (including phenoxy) is 1. The summed E-state index contributed by atoms with van der Waals surface area (Å²) in [6.45, 7) is 5.06. The molecule has 1 aromatic heterocycles. The normalized spacial score (nSPS) is 30.7. The van der Waals surface area contributed by atoms with Gasteiger partial charge in [-0.1, -0.05) is 26.0 Å². The number of nitrogens with one attached hydrogen (secondary N) is 3. The summed E-state index contributed by atoms with van der Waals surface area (Å²) in [5.74, 6) is -2.21. The third kappa shape index (κ3) is 3.30. The summed E-state index contributed by atoms with van der Waals surface area (Å²) in [4.78, 5) is 18.0. The maximum absolute atomic E-state index is 13.5. The molecule has 0 radical (unpaired) electrons. The van der Waals surface area contributed by atoms with Gasteiger partial charge in [0.15, 0.2) is 5.96 Å². The average Bonchev–Trinajstić information content (AvgIpc) is 3.52. The van der Waals surface area contributed by atoms with Crippen LogP contribution in [0, 0.1) is 0 Å². The van der Waals surface area contributed by atoms with Crippen LogP contribution in [0.25, 0.3) is 0 Å². The molecular weight excluding hydrogens is 478 g/mol. The van der Waals surface area contributed by atoms with E-state index in [-0.39, 0.29) is 23.9 Å². The first kappa shape index (κ1) is 23.6. The first-order chi connectivity index (χ1) is 17.5. The third-order valence-electron chi connectivity index (χ3n) is 8.08. The fourth-order valence-corrected chi connectivity index (χ4v) is 6.10. The Bertz CT molecular complexity index is 1320. The molecule has 4 aliphatic heterocycles. The highest BCUT2D eigenvalue weighted by Gasteiger charge is 2.75.